The minimum absolute atomic E-state index is 0.166. The second-order valence-electron chi connectivity index (χ2n) is 8.07. The van der Waals surface area contributed by atoms with Crippen LogP contribution in [0.5, 0.6) is 0 Å². The zero-order valence-electron chi connectivity index (χ0n) is 18.9. The maximum Gasteiger partial charge on any atom is 0.306 e. The fourth-order valence-corrected chi connectivity index (χ4v) is 3.32. The molecule has 0 aliphatic heterocycles. The van der Waals surface area contributed by atoms with E-state index >= 15 is 0 Å². The molecule has 0 saturated carbocycles. The van der Waals surface area contributed by atoms with Gasteiger partial charge in [-0.25, -0.2) is 0 Å². The molecule has 4 heteroatoms. The van der Waals surface area contributed by atoms with E-state index in [-0.39, 0.29) is 12.6 Å². The molecule has 1 N–H and O–H groups in total. The Morgan fingerprint density at radius 2 is 1.18 bits per heavy atom. The molecule has 28 heavy (non-hydrogen) atoms. The van der Waals surface area contributed by atoms with Gasteiger partial charge in [-0.15, -0.1) is 0 Å². The highest BCUT2D eigenvalue weighted by molar-refractivity contribution is 5.69. The van der Waals surface area contributed by atoms with E-state index in [1.165, 1.54) is 83.5 Å². The maximum absolute atomic E-state index is 11.9. The number of unbranched alkanes of at least 4 members (excludes halogenated alkanes) is 14. The predicted molar refractivity (Wildman–Crippen MR) is 118 cm³/mol. The smallest absolute Gasteiger partial charge is 0.306 e. The number of carbonyl (C=O) groups excluding carboxylic acids is 1. The Balaban J connectivity index is 3.47. The van der Waals surface area contributed by atoms with Crippen LogP contribution in [0.1, 0.15) is 123 Å². The highest BCUT2D eigenvalue weighted by Crippen LogP contribution is 2.11. The molecular weight excluding hydrogens is 352 g/mol. The summed E-state index contributed by atoms with van der Waals surface area (Å²) >= 11 is 0. The molecule has 0 aromatic rings. The van der Waals surface area contributed by atoms with Gasteiger partial charge in [-0.1, -0.05) is 104 Å². The predicted octanol–water partition coefficient (Wildman–Crippen LogP) is 6.58. The van der Waals surface area contributed by atoms with Gasteiger partial charge in [0.15, 0.2) is 0 Å². The van der Waals surface area contributed by atoms with Gasteiger partial charge in [-0.05, 0) is 12.8 Å². The van der Waals surface area contributed by atoms with Crippen molar-refractivity contribution in [2.45, 2.75) is 129 Å². The van der Waals surface area contributed by atoms with E-state index in [2.05, 4.69) is 13.8 Å². The van der Waals surface area contributed by atoms with Crippen LogP contribution in [0, 0.1) is 0 Å². The van der Waals surface area contributed by atoms with Crippen LogP contribution >= 0.6 is 0 Å². The van der Waals surface area contributed by atoms with Crippen LogP contribution in [-0.4, -0.2) is 37.0 Å². The van der Waals surface area contributed by atoms with Gasteiger partial charge in [0.05, 0.1) is 13.2 Å². The first-order valence-corrected chi connectivity index (χ1v) is 12.1. The van der Waals surface area contributed by atoms with Crippen molar-refractivity contribution in [3.8, 4) is 0 Å². The fraction of sp³-hybridized carbons (Fsp3) is 0.958. The van der Waals surface area contributed by atoms with Gasteiger partial charge in [-0.3, -0.25) is 4.79 Å². The van der Waals surface area contributed by atoms with E-state index in [1.807, 2.05) is 0 Å². The summed E-state index contributed by atoms with van der Waals surface area (Å²) in [6.45, 7) is 5.29. The number of hydrogen-bond donors (Lipinski definition) is 1. The highest BCUT2D eigenvalue weighted by atomic mass is 16.6. The average Bonchev–Trinajstić information content (AvgIpc) is 2.70. The normalized spacial score (nSPS) is 12.2. The van der Waals surface area contributed by atoms with Crippen molar-refractivity contribution >= 4 is 5.97 Å². The average molecular weight is 401 g/mol. The second kappa shape index (κ2) is 22.7. The number of hydrogen-bond acceptors (Lipinski definition) is 4. The number of ether oxygens (including phenoxy) is 2. The van der Waals surface area contributed by atoms with E-state index in [0.29, 0.717) is 19.6 Å². The molecule has 1 unspecified atom stereocenters. The summed E-state index contributed by atoms with van der Waals surface area (Å²) in [5.41, 5.74) is 0. The van der Waals surface area contributed by atoms with E-state index in [9.17, 15) is 9.90 Å². The molecule has 0 rings (SSSR count). The minimum Gasteiger partial charge on any atom is -0.457 e. The Morgan fingerprint density at radius 3 is 1.68 bits per heavy atom. The van der Waals surface area contributed by atoms with Crippen LogP contribution in [0.3, 0.4) is 0 Å². The molecule has 0 bridgehead atoms. The number of rotatable bonds is 22. The molecule has 1 atom stereocenters. The van der Waals surface area contributed by atoms with Crippen molar-refractivity contribution in [1.29, 1.82) is 0 Å². The molecule has 0 radical (unpaired) electrons. The Bertz CT molecular complexity index is 320. The first kappa shape index (κ1) is 27.4. The lowest BCUT2D eigenvalue weighted by Gasteiger charge is -2.15. The summed E-state index contributed by atoms with van der Waals surface area (Å²) < 4.78 is 10.9. The molecule has 0 aromatic heterocycles. The van der Waals surface area contributed by atoms with E-state index in [0.717, 1.165) is 19.3 Å². The third kappa shape index (κ3) is 20.1. The van der Waals surface area contributed by atoms with Crippen LogP contribution in [0.2, 0.25) is 0 Å². The summed E-state index contributed by atoms with van der Waals surface area (Å²) in [5.74, 6) is -0.207. The van der Waals surface area contributed by atoms with Crippen LogP contribution in [0.15, 0.2) is 0 Å². The quantitative estimate of drug-likeness (QED) is 0.165. The lowest BCUT2D eigenvalue weighted by atomic mass is 10.1. The summed E-state index contributed by atoms with van der Waals surface area (Å²) in [4.78, 5) is 11.9. The molecule has 0 spiro atoms. The Morgan fingerprint density at radius 1 is 0.714 bits per heavy atom. The van der Waals surface area contributed by atoms with Crippen molar-refractivity contribution in [2.75, 3.05) is 19.8 Å². The van der Waals surface area contributed by atoms with Crippen LogP contribution in [-0.2, 0) is 14.3 Å². The number of aliphatic hydroxyl groups excluding tert-OH is 1. The monoisotopic (exact) mass is 400 g/mol. The zero-order chi connectivity index (χ0) is 20.7. The van der Waals surface area contributed by atoms with Gasteiger partial charge < -0.3 is 14.6 Å². The topological polar surface area (TPSA) is 55.8 Å². The van der Waals surface area contributed by atoms with Crippen molar-refractivity contribution in [3.05, 3.63) is 0 Å². The third-order valence-corrected chi connectivity index (χ3v) is 5.18. The van der Waals surface area contributed by atoms with Crippen molar-refractivity contribution in [3.63, 3.8) is 0 Å². The highest BCUT2D eigenvalue weighted by Gasteiger charge is 2.13. The summed E-state index contributed by atoms with van der Waals surface area (Å²) in [6.07, 6.45) is 19.8. The Labute approximate surface area is 174 Å². The van der Waals surface area contributed by atoms with Gasteiger partial charge in [0, 0.05) is 13.0 Å². The number of aliphatic hydroxyl groups is 1. The standard InChI is InChI=1S/C24H48O4/c1-3-5-7-9-11-12-13-15-17-19-24(26)28-23(21-25)22-27-20-18-16-14-10-8-6-4-2/h23,25H,3-22H2,1-2H3. The molecule has 0 saturated heterocycles. The maximum atomic E-state index is 11.9. The molecule has 0 aromatic carbocycles. The summed E-state index contributed by atoms with van der Waals surface area (Å²) in [5, 5.41) is 9.37. The summed E-state index contributed by atoms with van der Waals surface area (Å²) in [7, 11) is 0. The number of carbonyl (C=O) groups is 1. The number of esters is 1. The summed E-state index contributed by atoms with van der Waals surface area (Å²) in [6, 6.07) is 0. The van der Waals surface area contributed by atoms with Crippen molar-refractivity contribution in [2.24, 2.45) is 0 Å². The molecule has 4 nitrogen and oxygen atoms in total. The lowest BCUT2D eigenvalue weighted by Crippen LogP contribution is -2.27. The van der Waals surface area contributed by atoms with Crippen LogP contribution < -0.4 is 0 Å². The Hall–Kier alpha value is -0.610. The minimum atomic E-state index is -0.518. The first-order valence-electron chi connectivity index (χ1n) is 12.1. The SMILES string of the molecule is CCCCCCCCCCCC(=O)OC(CO)COCCCCCCCCC. The van der Waals surface area contributed by atoms with Crippen molar-refractivity contribution in [1.82, 2.24) is 0 Å². The molecule has 0 aliphatic carbocycles. The molecular formula is C24H48O4. The molecule has 0 fully saturated rings. The van der Waals surface area contributed by atoms with Gasteiger partial charge >= 0.3 is 5.97 Å². The van der Waals surface area contributed by atoms with Gasteiger partial charge in [0.2, 0.25) is 0 Å². The zero-order valence-corrected chi connectivity index (χ0v) is 18.9. The largest absolute Gasteiger partial charge is 0.457 e. The molecule has 0 heterocycles. The lowest BCUT2D eigenvalue weighted by molar-refractivity contribution is -0.154. The third-order valence-electron chi connectivity index (χ3n) is 5.18. The molecule has 0 aliphatic rings. The van der Waals surface area contributed by atoms with Gasteiger partial charge in [0.1, 0.15) is 6.10 Å². The van der Waals surface area contributed by atoms with Crippen LogP contribution in [0.4, 0.5) is 0 Å². The fourth-order valence-electron chi connectivity index (χ4n) is 3.32. The molecule has 168 valence electrons. The van der Waals surface area contributed by atoms with E-state index < -0.39 is 6.10 Å². The van der Waals surface area contributed by atoms with Gasteiger partial charge in [0.25, 0.3) is 0 Å². The first-order chi connectivity index (χ1) is 13.7. The van der Waals surface area contributed by atoms with Crippen LogP contribution in [0.25, 0.3) is 0 Å². The van der Waals surface area contributed by atoms with E-state index in [4.69, 9.17) is 9.47 Å². The molecule has 0 amide bonds. The Kier molecular flexibility index (Phi) is 22.2. The second-order valence-corrected chi connectivity index (χ2v) is 8.07. The van der Waals surface area contributed by atoms with Crippen molar-refractivity contribution < 1.29 is 19.4 Å². The van der Waals surface area contributed by atoms with E-state index in [1.54, 1.807) is 0 Å². The van der Waals surface area contributed by atoms with Gasteiger partial charge in [-0.2, -0.15) is 0 Å².